The molecule has 0 unspecified atom stereocenters. The first-order chi connectivity index (χ1) is 17.7. The van der Waals surface area contributed by atoms with Gasteiger partial charge in [0.05, 0.1) is 18.0 Å². The van der Waals surface area contributed by atoms with E-state index in [9.17, 15) is 10.1 Å². The molecule has 4 aromatic rings. The quantitative estimate of drug-likeness (QED) is 0.189. The van der Waals surface area contributed by atoms with Crippen LogP contribution in [0.3, 0.4) is 0 Å². The molecule has 0 bridgehead atoms. The number of nitrogens with zero attached hydrogens (tertiary/aromatic N) is 4. The molecular weight excluding hydrogens is 450 g/mol. The lowest BCUT2D eigenvalue weighted by atomic mass is 10.1. The molecule has 0 radical (unpaired) electrons. The molecule has 7 heteroatoms. The van der Waals surface area contributed by atoms with Crippen LogP contribution in [-0.4, -0.2) is 27.3 Å². The van der Waals surface area contributed by atoms with Crippen LogP contribution in [0.2, 0.25) is 0 Å². The molecule has 1 N–H and O–H groups in total. The van der Waals surface area contributed by atoms with Crippen molar-refractivity contribution in [3.05, 3.63) is 102 Å². The Balaban J connectivity index is 1.64. The van der Waals surface area contributed by atoms with Gasteiger partial charge in [-0.2, -0.15) is 10.4 Å². The fourth-order valence-electron chi connectivity index (χ4n) is 3.56. The molecule has 180 valence electrons. The van der Waals surface area contributed by atoms with E-state index in [1.165, 1.54) is 0 Å². The summed E-state index contributed by atoms with van der Waals surface area (Å²) in [6.07, 6.45) is 8.81. The zero-order valence-corrected chi connectivity index (χ0v) is 20.1. The molecule has 0 fully saturated rings. The lowest BCUT2D eigenvalue weighted by Gasteiger charge is -2.06. The van der Waals surface area contributed by atoms with Crippen molar-refractivity contribution in [2.24, 2.45) is 0 Å². The Kier molecular flexibility index (Phi) is 8.23. The van der Waals surface area contributed by atoms with Gasteiger partial charge in [0.15, 0.2) is 0 Å². The lowest BCUT2D eigenvalue weighted by molar-refractivity contribution is -0.117. The molecule has 7 nitrogen and oxygen atoms in total. The largest absolute Gasteiger partial charge is 0.494 e. The summed E-state index contributed by atoms with van der Waals surface area (Å²) < 4.78 is 7.53. The van der Waals surface area contributed by atoms with E-state index in [2.05, 4.69) is 17.2 Å². The molecule has 0 spiro atoms. The van der Waals surface area contributed by atoms with Gasteiger partial charge in [-0.3, -0.25) is 9.78 Å². The van der Waals surface area contributed by atoms with Gasteiger partial charge in [0, 0.05) is 36.3 Å². The van der Waals surface area contributed by atoms with Crippen molar-refractivity contribution in [3.63, 3.8) is 0 Å². The number of carbonyl (C=O) groups is 1. The molecule has 0 aliphatic rings. The molecule has 2 aromatic carbocycles. The highest BCUT2D eigenvalue weighted by Crippen LogP contribution is 2.27. The van der Waals surface area contributed by atoms with Gasteiger partial charge >= 0.3 is 0 Å². The number of para-hydroxylation sites is 1. The van der Waals surface area contributed by atoms with E-state index in [0.29, 0.717) is 17.9 Å². The number of nitrogens with one attached hydrogen (secondary N) is 1. The predicted octanol–water partition coefficient (Wildman–Crippen LogP) is 5.34. The minimum absolute atomic E-state index is 0.00716. The number of nitriles is 1. The smallest absolute Gasteiger partial charge is 0.262 e. The van der Waals surface area contributed by atoms with Gasteiger partial charge in [-0.15, -0.1) is 0 Å². The van der Waals surface area contributed by atoms with E-state index in [4.69, 9.17) is 9.84 Å². The normalized spacial score (nSPS) is 11.1. The van der Waals surface area contributed by atoms with Gasteiger partial charge in [-0.25, -0.2) is 4.68 Å². The third-order valence-electron chi connectivity index (χ3n) is 5.50. The van der Waals surface area contributed by atoms with E-state index in [-0.39, 0.29) is 12.1 Å². The summed E-state index contributed by atoms with van der Waals surface area (Å²) in [6, 6.07) is 23.1. The third kappa shape index (κ3) is 6.24. The van der Waals surface area contributed by atoms with Gasteiger partial charge in [0.25, 0.3) is 5.91 Å². The summed E-state index contributed by atoms with van der Waals surface area (Å²) in [5.41, 5.74) is 3.89. The molecule has 1 amide bonds. The third-order valence-corrected chi connectivity index (χ3v) is 5.50. The second-order valence-electron chi connectivity index (χ2n) is 8.15. The highest BCUT2D eigenvalue weighted by Gasteiger charge is 2.15. The van der Waals surface area contributed by atoms with Crippen LogP contribution in [0.4, 0.5) is 0 Å². The topological polar surface area (TPSA) is 92.8 Å². The standard InChI is InChI=1S/C29H27N5O2/c1-2-3-16-36-27-13-11-23(12-14-27)28-25(21-34(33-28)26-9-5-4-6-10-26)17-24(18-30)29(35)32-20-22-8-7-15-31-19-22/h4-15,17,19,21H,2-3,16,20H2,1H3,(H,32,35). The monoisotopic (exact) mass is 477 g/mol. The minimum atomic E-state index is -0.459. The second-order valence-corrected chi connectivity index (χ2v) is 8.15. The predicted molar refractivity (Wildman–Crippen MR) is 139 cm³/mol. The number of hydrogen-bond acceptors (Lipinski definition) is 5. The SMILES string of the molecule is CCCCOc1ccc(-c2nn(-c3ccccc3)cc2C=C(C#N)C(=O)NCc2cccnc2)cc1. The number of pyridine rings is 1. The lowest BCUT2D eigenvalue weighted by Crippen LogP contribution is -2.24. The average Bonchev–Trinajstić information content (AvgIpc) is 3.36. The van der Waals surface area contributed by atoms with Gasteiger partial charge < -0.3 is 10.1 Å². The highest BCUT2D eigenvalue weighted by atomic mass is 16.5. The molecule has 0 saturated heterocycles. The Labute approximate surface area is 210 Å². The molecule has 36 heavy (non-hydrogen) atoms. The van der Waals surface area contributed by atoms with Gasteiger partial charge in [0.2, 0.25) is 0 Å². The maximum absolute atomic E-state index is 12.8. The zero-order chi connectivity index (χ0) is 25.2. The van der Waals surface area contributed by atoms with Gasteiger partial charge in [-0.05, 0) is 60.5 Å². The van der Waals surface area contributed by atoms with Crippen molar-refractivity contribution in [1.29, 1.82) is 5.26 Å². The molecule has 0 aliphatic carbocycles. The molecule has 0 saturated carbocycles. The number of aromatic nitrogens is 3. The molecule has 4 rings (SSSR count). The van der Waals surface area contributed by atoms with Crippen molar-refractivity contribution in [2.45, 2.75) is 26.3 Å². The van der Waals surface area contributed by atoms with E-state index < -0.39 is 5.91 Å². The second kappa shape index (κ2) is 12.1. The Morgan fingerprint density at radius 1 is 1.11 bits per heavy atom. The molecule has 2 aromatic heterocycles. The van der Waals surface area contributed by atoms with Crippen LogP contribution in [0.25, 0.3) is 23.0 Å². The van der Waals surface area contributed by atoms with Crippen molar-refractivity contribution in [1.82, 2.24) is 20.1 Å². The molecule has 0 atom stereocenters. The Morgan fingerprint density at radius 2 is 1.92 bits per heavy atom. The minimum Gasteiger partial charge on any atom is -0.494 e. The first-order valence-corrected chi connectivity index (χ1v) is 11.8. The number of rotatable bonds is 10. The van der Waals surface area contributed by atoms with Crippen LogP contribution < -0.4 is 10.1 Å². The molecule has 0 aliphatic heterocycles. The van der Waals surface area contributed by atoms with E-state index in [1.807, 2.05) is 72.9 Å². The van der Waals surface area contributed by atoms with E-state index in [0.717, 1.165) is 35.4 Å². The summed E-state index contributed by atoms with van der Waals surface area (Å²) in [6.45, 7) is 3.08. The van der Waals surface area contributed by atoms with Crippen LogP contribution >= 0.6 is 0 Å². The molecule has 2 heterocycles. The van der Waals surface area contributed by atoms with Crippen LogP contribution in [0, 0.1) is 11.3 Å². The highest BCUT2D eigenvalue weighted by molar-refractivity contribution is 6.02. The summed E-state index contributed by atoms with van der Waals surface area (Å²) >= 11 is 0. The maximum Gasteiger partial charge on any atom is 0.262 e. The van der Waals surface area contributed by atoms with E-state index in [1.54, 1.807) is 29.2 Å². The Morgan fingerprint density at radius 3 is 2.61 bits per heavy atom. The van der Waals surface area contributed by atoms with Crippen molar-refractivity contribution in [3.8, 4) is 28.8 Å². The maximum atomic E-state index is 12.8. The molecular formula is C29H27N5O2. The summed E-state index contributed by atoms with van der Waals surface area (Å²) in [5.74, 6) is 0.332. The number of carbonyl (C=O) groups excluding carboxylic acids is 1. The number of benzene rings is 2. The Hall–Kier alpha value is -4.70. The fourth-order valence-corrected chi connectivity index (χ4v) is 3.56. The number of hydrogen-bond donors (Lipinski definition) is 1. The average molecular weight is 478 g/mol. The van der Waals surface area contributed by atoms with Crippen LogP contribution in [-0.2, 0) is 11.3 Å². The number of ether oxygens (including phenoxy) is 1. The van der Waals surface area contributed by atoms with Crippen molar-refractivity contribution >= 4 is 12.0 Å². The first-order valence-electron chi connectivity index (χ1n) is 11.8. The number of unbranched alkanes of at least 4 members (excludes halogenated alkanes) is 1. The van der Waals surface area contributed by atoms with Crippen LogP contribution in [0.15, 0.2) is 90.9 Å². The summed E-state index contributed by atoms with van der Waals surface area (Å²) in [5, 5.41) is 17.3. The number of amides is 1. The van der Waals surface area contributed by atoms with Crippen molar-refractivity contribution in [2.75, 3.05) is 6.61 Å². The van der Waals surface area contributed by atoms with Gasteiger partial charge in [-0.1, -0.05) is 37.6 Å². The van der Waals surface area contributed by atoms with Crippen LogP contribution in [0.5, 0.6) is 5.75 Å². The fraction of sp³-hybridized carbons (Fsp3) is 0.172. The van der Waals surface area contributed by atoms with E-state index >= 15 is 0 Å². The summed E-state index contributed by atoms with van der Waals surface area (Å²) in [7, 11) is 0. The Bertz CT molecular complexity index is 1350. The first kappa shape index (κ1) is 24.4. The van der Waals surface area contributed by atoms with Crippen LogP contribution in [0.1, 0.15) is 30.9 Å². The zero-order valence-electron chi connectivity index (χ0n) is 20.1. The summed E-state index contributed by atoms with van der Waals surface area (Å²) in [4.78, 5) is 16.8. The van der Waals surface area contributed by atoms with Gasteiger partial charge in [0.1, 0.15) is 17.4 Å². The van der Waals surface area contributed by atoms with Crippen molar-refractivity contribution < 1.29 is 9.53 Å².